The van der Waals surface area contributed by atoms with Crippen molar-refractivity contribution in [3.63, 3.8) is 0 Å². The molecule has 0 aliphatic rings. The molecule has 0 radical (unpaired) electrons. The van der Waals surface area contributed by atoms with Crippen molar-refractivity contribution >= 4 is 17.5 Å². The Morgan fingerprint density at radius 2 is 2.12 bits per heavy atom. The second-order valence-electron chi connectivity index (χ2n) is 4.84. The van der Waals surface area contributed by atoms with Gasteiger partial charge < -0.3 is 15.1 Å². The molecule has 0 saturated carbocycles. The molecule has 0 aliphatic carbocycles. The summed E-state index contributed by atoms with van der Waals surface area (Å²) in [4.78, 5) is 23.6. The number of hydrogen-bond acceptors (Lipinski definition) is 6. The van der Waals surface area contributed by atoms with Crippen molar-refractivity contribution in [3.05, 3.63) is 54.7 Å². The SMILES string of the molecule is O=C(CCNC(=O)c1ccco1)Nc1cccc(-n2cnnn2)c1. The maximum Gasteiger partial charge on any atom is 0.286 e. The molecular formula is C15H14N6O3. The van der Waals surface area contributed by atoms with E-state index in [1.165, 1.54) is 17.3 Å². The summed E-state index contributed by atoms with van der Waals surface area (Å²) in [5.74, 6) is -0.360. The number of anilines is 1. The monoisotopic (exact) mass is 326 g/mol. The van der Waals surface area contributed by atoms with Gasteiger partial charge in [0, 0.05) is 18.7 Å². The van der Waals surface area contributed by atoms with Crippen LogP contribution in [0, 0.1) is 0 Å². The van der Waals surface area contributed by atoms with Crippen molar-refractivity contribution in [2.45, 2.75) is 6.42 Å². The van der Waals surface area contributed by atoms with Crippen LogP contribution in [0.1, 0.15) is 17.0 Å². The van der Waals surface area contributed by atoms with Gasteiger partial charge in [0.15, 0.2) is 5.76 Å². The molecule has 3 aromatic rings. The van der Waals surface area contributed by atoms with Gasteiger partial charge in [-0.15, -0.1) is 5.10 Å². The Morgan fingerprint density at radius 3 is 2.88 bits per heavy atom. The molecule has 2 N–H and O–H groups in total. The summed E-state index contributed by atoms with van der Waals surface area (Å²) in [5.41, 5.74) is 1.34. The maximum absolute atomic E-state index is 11.9. The van der Waals surface area contributed by atoms with Gasteiger partial charge in [-0.1, -0.05) is 6.07 Å². The van der Waals surface area contributed by atoms with Crippen LogP contribution in [0.5, 0.6) is 0 Å². The molecule has 2 aromatic heterocycles. The molecule has 9 nitrogen and oxygen atoms in total. The first-order valence-corrected chi connectivity index (χ1v) is 7.17. The number of aromatic nitrogens is 4. The quantitative estimate of drug-likeness (QED) is 0.698. The largest absolute Gasteiger partial charge is 0.459 e. The highest BCUT2D eigenvalue weighted by molar-refractivity contribution is 5.93. The number of benzene rings is 1. The summed E-state index contributed by atoms with van der Waals surface area (Å²) in [6.07, 6.45) is 3.02. The van der Waals surface area contributed by atoms with E-state index in [-0.39, 0.29) is 30.5 Å². The van der Waals surface area contributed by atoms with Gasteiger partial charge in [0.05, 0.1) is 12.0 Å². The van der Waals surface area contributed by atoms with Crippen molar-refractivity contribution in [1.29, 1.82) is 0 Å². The number of hydrogen-bond donors (Lipinski definition) is 2. The van der Waals surface area contributed by atoms with Gasteiger partial charge in [0.25, 0.3) is 5.91 Å². The van der Waals surface area contributed by atoms with Crippen LogP contribution in [-0.2, 0) is 4.79 Å². The first-order chi connectivity index (χ1) is 11.7. The molecule has 2 heterocycles. The second kappa shape index (κ2) is 7.18. The van der Waals surface area contributed by atoms with Crippen molar-refractivity contribution in [1.82, 2.24) is 25.5 Å². The summed E-state index contributed by atoms with van der Waals surface area (Å²) in [5, 5.41) is 16.3. The predicted octanol–water partition coefficient (Wildman–Crippen LogP) is 1.01. The lowest BCUT2D eigenvalue weighted by Crippen LogP contribution is -2.27. The Hall–Kier alpha value is -3.49. The molecule has 122 valence electrons. The lowest BCUT2D eigenvalue weighted by atomic mass is 10.2. The zero-order valence-electron chi connectivity index (χ0n) is 12.5. The Morgan fingerprint density at radius 1 is 1.21 bits per heavy atom. The van der Waals surface area contributed by atoms with Gasteiger partial charge in [0.1, 0.15) is 6.33 Å². The average molecular weight is 326 g/mol. The molecule has 0 bridgehead atoms. The maximum atomic E-state index is 11.9. The highest BCUT2D eigenvalue weighted by atomic mass is 16.3. The summed E-state index contributed by atoms with van der Waals surface area (Å²) in [6, 6.07) is 10.3. The van der Waals surface area contributed by atoms with E-state index in [0.29, 0.717) is 5.69 Å². The number of nitrogens with one attached hydrogen (secondary N) is 2. The number of carbonyl (C=O) groups is 2. The van der Waals surface area contributed by atoms with Crippen molar-refractivity contribution in [2.24, 2.45) is 0 Å². The van der Waals surface area contributed by atoms with Crippen LogP contribution in [0.4, 0.5) is 5.69 Å². The Labute approximate surface area is 136 Å². The van der Waals surface area contributed by atoms with Gasteiger partial charge in [0.2, 0.25) is 5.91 Å². The molecule has 0 saturated heterocycles. The van der Waals surface area contributed by atoms with Crippen LogP contribution >= 0.6 is 0 Å². The van der Waals surface area contributed by atoms with Crippen molar-refractivity contribution < 1.29 is 14.0 Å². The molecule has 0 spiro atoms. The lowest BCUT2D eigenvalue weighted by Gasteiger charge is -2.07. The van der Waals surface area contributed by atoms with E-state index >= 15 is 0 Å². The third kappa shape index (κ3) is 3.83. The zero-order valence-corrected chi connectivity index (χ0v) is 12.5. The number of nitrogens with zero attached hydrogens (tertiary/aromatic N) is 4. The first-order valence-electron chi connectivity index (χ1n) is 7.17. The van der Waals surface area contributed by atoms with Gasteiger partial charge >= 0.3 is 0 Å². The minimum absolute atomic E-state index is 0.140. The lowest BCUT2D eigenvalue weighted by molar-refractivity contribution is -0.116. The van der Waals surface area contributed by atoms with Gasteiger partial charge in [-0.05, 0) is 40.8 Å². The molecule has 2 amide bonds. The number of furan rings is 1. The van der Waals surface area contributed by atoms with Crippen LogP contribution in [0.3, 0.4) is 0 Å². The average Bonchev–Trinajstić information content (AvgIpc) is 3.29. The summed E-state index contributed by atoms with van der Waals surface area (Å²) >= 11 is 0. The van der Waals surface area contributed by atoms with Crippen LogP contribution in [0.2, 0.25) is 0 Å². The van der Waals surface area contributed by atoms with Crippen LogP contribution in [-0.4, -0.2) is 38.6 Å². The molecule has 0 atom stereocenters. The minimum Gasteiger partial charge on any atom is -0.459 e. The number of amides is 2. The third-order valence-corrected chi connectivity index (χ3v) is 3.13. The van der Waals surface area contributed by atoms with Gasteiger partial charge in [-0.25, -0.2) is 4.68 Å². The topological polar surface area (TPSA) is 115 Å². The molecule has 24 heavy (non-hydrogen) atoms. The molecule has 1 aromatic carbocycles. The van der Waals surface area contributed by atoms with E-state index in [1.54, 1.807) is 30.3 Å². The van der Waals surface area contributed by atoms with E-state index in [4.69, 9.17) is 4.42 Å². The first kappa shape index (κ1) is 15.4. The third-order valence-electron chi connectivity index (χ3n) is 3.13. The highest BCUT2D eigenvalue weighted by Gasteiger charge is 2.09. The van der Waals surface area contributed by atoms with Crippen LogP contribution < -0.4 is 10.6 Å². The Bertz CT molecular complexity index is 814. The number of rotatable bonds is 6. The molecule has 0 fully saturated rings. The van der Waals surface area contributed by atoms with E-state index in [1.807, 2.05) is 6.07 Å². The molecule has 9 heteroatoms. The fraction of sp³-hybridized carbons (Fsp3) is 0.133. The normalized spacial score (nSPS) is 10.3. The molecule has 3 rings (SSSR count). The number of carbonyl (C=O) groups excluding carboxylic acids is 2. The van der Waals surface area contributed by atoms with E-state index in [0.717, 1.165) is 5.69 Å². The summed E-state index contributed by atoms with van der Waals surface area (Å²) in [6.45, 7) is 0.206. The van der Waals surface area contributed by atoms with E-state index in [9.17, 15) is 9.59 Å². The van der Waals surface area contributed by atoms with Crippen LogP contribution in [0.25, 0.3) is 5.69 Å². The Balaban J connectivity index is 1.50. The summed E-state index contributed by atoms with van der Waals surface area (Å²) in [7, 11) is 0. The fourth-order valence-electron chi connectivity index (χ4n) is 2.01. The van der Waals surface area contributed by atoms with Crippen LogP contribution in [0.15, 0.2) is 53.4 Å². The standard InChI is InChI=1S/C15H14N6O3/c22-14(6-7-16-15(23)13-5-2-8-24-13)18-11-3-1-4-12(9-11)21-10-17-19-20-21/h1-5,8-10H,6-7H2,(H,16,23)(H,18,22). The number of tetrazole rings is 1. The fourth-order valence-corrected chi connectivity index (χ4v) is 2.01. The Kier molecular flexibility index (Phi) is 4.61. The van der Waals surface area contributed by atoms with E-state index in [2.05, 4.69) is 26.2 Å². The molecule has 0 unspecified atom stereocenters. The van der Waals surface area contributed by atoms with Gasteiger partial charge in [-0.3, -0.25) is 9.59 Å². The zero-order chi connectivity index (χ0) is 16.8. The smallest absolute Gasteiger partial charge is 0.286 e. The van der Waals surface area contributed by atoms with Crippen molar-refractivity contribution in [2.75, 3.05) is 11.9 Å². The highest BCUT2D eigenvalue weighted by Crippen LogP contribution is 2.13. The molecular weight excluding hydrogens is 312 g/mol. The summed E-state index contributed by atoms with van der Waals surface area (Å²) < 4.78 is 6.45. The molecule has 0 aliphatic heterocycles. The second-order valence-corrected chi connectivity index (χ2v) is 4.84. The van der Waals surface area contributed by atoms with Gasteiger partial charge in [-0.2, -0.15) is 0 Å². The van der Waals surface area contributed by atoms with Crippen molar-refractivity contribution in [3.8, 4) is 5.69 Å². The van der Waals surface area contributed by atoms with E-state index < -0.39 is 0 Å². The predicted molar refractivity (Wildman–Crippen MR) is 83.4 cm³/mol. The minimum atomic E-state index is -0.353.